The highest BCUT2D eigenvalue weighted by molar-refractivity contribution is 5.90. The van der Waals surface area contributed by atoms with Gasteiger partial charge in [-0.05, 0) is 25.1 Å². The van der Waals surface area contributed by atoms with Gasteiger partial charge in [0.05, 0.1) is 6.04 Å². The molecule has 0 fully saturated rings. The van der Waals surface area contributed by atoms with Crippen molar-refractivity contribution in [1.29, 1.82) is 0 Å². The summed E-state index contributed by atoms with van der Waals surface area (Å²) in [4.78, 5) is 15.3. The lowest BCUT2D eigenvalue weighted by molar-refractivity contribution is 0.0929. The van der Waals surface area contributed by atoms with Gasteiger partial charge in [0.1, 0.15) is 18.0 Å². The van der Waals surface area contributed by atoms with Crippen LogP contribution in [0.15, 0.2) is 24.5 Å². The van der Waals surface area contributed by atoms with Crippen LogP contribution in [0.3, 0.4) is 0 Å². The number of benzene rings is 1. The van der Waals surface area contributed by atoms with Gasteiger partial charge in [-0.3, -0.25) is 9.89 Å². The third-order valence-corrected chi connectivity index (χ3v) is 2.40. The first-order chi connectivity index (χ1) is 8.58. The molecule has 1 unspecified atom stereocenters. The van der Waals surface area contributed by atoms with Crippen LogP contribution in [0.25, 0.3) is 0 Å². The van der Waals surface area contributed by atoms with Crippen molar-refractivity contribution in [3.8, 4) is 0 Å². The van der Waals surface area contributed by atoms with E-state index in [2.05, 4.69) is 20.5 Å². The molecule has 1 atom stereocenters. The number of aromatic amines is 1. The van der Waals surface area contributed by atoms with Gasteiger partial charge < -0.3 is 5.32 Å². The first-order valence-electron chi connectivity index (χ1n) is 5.19. The second-order valence-corrected chi connectivity index (χ2v) is 3.70. The molecule has 1 aromatic carbocycles. The van der Waals surface area contributed by atoms with Crippen LogP contribution in [-0.2, 0) is 0 Å². The van der Waals surface area contributed by atoms with Gasteiger partial charge in [-0.1, -0.05) is 0 Å². The molecule has 5 nitrogen and oxygen atoms in total. The highest BCUT2D eigenvalue weighted by atomic mass is 19.1. The van der Waals surface area contributed by atoms with Crippen molar-refractivity contribution in [2.24, 2.45) is 0 Å². The molecule has 1 heterocycles. The van der Waals surface area contributed by atoms with E-state index in [1.807, 2.05) is 0 Å². The van der Waals surface area contributed by atoms with Crippen molar-refractivity contribution in [3.63, 3.8) is 0 Å². The highest BCUT2D eigenvalue weighted by Crippen LogP contribution is 2.18. The first-order valence-corrected chi connectivity index (χ1v) is 5.19. The van der Waals surface area contributed by atoms with Crippen LogP contribution in [0.4, 0.5) is 8.78 Å². The quantitative estimate of drug-likeness (QED) is 0.871. The minimum absolute atomic E-state index is 0.0126. The monoisotopic (exact) mass is 252 g/mol. The predicted octanol–water partition coefficient (Wildman–Crippen LogP) is 1.57. The van der Waals surface area contributed by atoms with E-state index >= 15 is 0 Å². The lowest BCUT2D eigenvalue weighted by Crippen LogP contribution is -2.28. The Bertz CT molecular complexity index is 556. The average molecular weight is 252 g/mol. The predicted molar refractivity (Wildman–Crippen MR) is 58.6 cm³/mol. The zero-order valence-electron chi connectivity index (χ0n) is 9.45. The number of amides is 1. The second-order valence-electron chi connectivity index (χ2n) is 3.70. The summed E-state index contributed by atoms with van der Waals surface area (Å²) in [5, 5.41) is 8.39. The Morgan fingerprint density at radius 1 is 1.44 bits per heavy atom. The first kappa shape index (κ1) is 12.2. The van der Waals surface area contributed by atoms with Gasteiger partial charge >= 0.3 is 0 Å². The van der Waals surface area contributed by atoms with Gasteiger partial charge in [-0.25, -0.2) is 13.8 Å². The number of halogens is 2. The Balaban J connectivity index is 2.14. The number of hydrogen-bond donors (Lipinski definition) is 2. The molecule has 1 aromatic heterocycles. The van der Waals surface area contributed by atoms with Crippen LogP contribution in [0.1, 0.15) is 29.1 Å². The topological polar surface area (TPSA) is 70.7 Å². The van der Waals surface area contributed by atoms with Gasteiger partial charge in [-0.2, -0.15) is 5.10 Å². The molecule has 0 saturated carbocycles. The number of hydrogen-bond acceptors (Lipinski definition) is 3. The molecular weight excluding hydrogens is 242 g/mol. The van der Waals surface area contributed by atoms with Crippen molar-refractivity contribution in [3.05, 3.63) is 47.5 Å². The lowest BCUT2D eigenvalue weighted by Gasteiger charge is -2.14. The smallest absolute Gasteiger partial charge is 0.289 e. The zero-order valence-corrected chi connectivity index (χ0v) is 9.45. The molecule has 2 rings (SSSR count). The van der Waals surface area contributed by atoms with Crippen molar-refractivity contribution < 1.29 is 13.6 Å². The zero-order chi connectivity index (χ0) is 13.1. The van der Waals surface area contributed by atoms with E-state index < -0.39 is 23.6 Å². The summed E-state index contributed by atoms with van der Waals surface area (Å²) in [5.74, 6) is -1.67. The summed E-state index contributed by atoms with van der Waals surface area (Å²) in [7, 11) is 0. The van der Waals surface area contributed by atoms with Crippen LogP contribution in [0.5, 0.6) is 0 Å². The Morgan fingerprint density at radius 3 is 2.89 bits per heavy atom. The number of aromatic nitrogens is 3. The molecule has 1 amide bonds. The summed E-state index contributed by atoms with van der Waals surface area (Å²) >= 11 is 0. The van der Waals surface area contributed by atoms with Crippen LogP contribution < -0.4 is 5.32 Å². The molecule has 2 N–H and O–H groups in total. The van der Waals surface area contributed by atoms with Gasteiger partial charge in [0, 0.05) is 5.56 Å². The van der Waals surface area contributed by atoms with Crippen LogP contribution in [0.2, 0.25) is 0 Å². The summed E-state index contributed by atoms with van der Waals surface area (Å²) in [5.41, 5.74) is 0.0721. The minimum atomic E-state index is -0.682. The number of carbonyl (C=O) groups is 1. The van der Waals surface area contributed by atoms with Crippen LogP contribution in [0, 0.1) is 11.6 Å². The fraction of sp³-hybridized carbons (Fsp3) is 0.182. The van der Waals surface area contributed by atoms with Gasteiger partial charge in [-0.15, -0.1) is 0 Å². The van der Waals surface area contributed by atoms with E-state index in [9.17, 15) is 13.6 Å². The lowest BCUT2D eigenvalue weighted by atomic mass is 10.1. The summed E-state index contributed by atoms with van der Waals surface area (Å²) < 4.78 is 26.5. The molecule has 7 heteroatoms. The fourth-order valence-electron chi connectivity index (χ4n) is 1.50. The van der Waals surface area contributed by atoms with Crippen molar-refractivity contribution in [2.75, 3.05) is 0 Å². The third-order valence-electron chi connectivity index (χ3n) is 2.40. The van der Waals surface area contributed by atoms with Gasteiger partial charge in [0.25, 0.3) is 5.91 Å². The molecule has 0 bridgehead atoms. The van der Waals surface area contributed by atoms with E-state index in [0.717, 1.165) is 18.2 Å². The summed E-state index contributed by atoms with van der Waals surface area (Å²) in [6.07, 6.45) is 1.18. The number of nitrogens with zero attached hydrogens (tertiary/aromatic N) is 2. The van der Waals surface area contributed by atoms with E-state index in [4.69, 9.17) is 0 Å². The van der Waals surface area contributed by atoms with E-state index in [1.54, 1.807) is 6.92 Å². The molecular formula is C11H10F2N4O. The largest absolute Gasteiger partial charge is 0.343 e. The molecule has 0 aliphatic carbocycles. The van der Waals surface area contributed by atoms with Gasteiger partial charge in [0.15, 0.2) is 0 Å². The maximum atomic E-state index is 13.5. The molecule has 2 aromatic rings. The maximum absolute atomic E-state index is 13.5. The van der Waals surface area contributed by atoms with E-state index in [-0.39, 0.29) is 11.4 Å². The molecule has 18 heavy (non-hydrogen) atoms. The van der Waals surface area contributed by atoms with Crippen LogP contribution >= 0.6 is 0 Å². The molecule has 0 aliphatic heterocycles. The Morgan fingerprint density at radius 2 is 2.22 bits per heavy atom. The molecule has 94 valence electrons. The second kappa shape index (κ2) is 4.91. The van der Waals surface area contributed by atoms with Crippen molar-refractivity contribution >= 4 is 5.91 Å². The molecule has 0 saturated heterocycles. The Kier molecular flexibility index (Phi) is 3.31. The van der Waals surface area contributed by atoms with Gasteiger partial charge in [0.2, 0.25) is 5.82 Å². The maximum Gasteiger partial charge on any atom is 0.289 e. The highest BCUT2D eigenvalue weighted by Gasteiger charge is 2.16. The SMILES string of the molecule is CC(NC(=O)c1ncn[nH]1)c1cc(F)ccc1F. The normalized spacial score (nSPS) is 12.2. The third kappa shape index (κ3) is 2.50. The standard InChI is InChI=1S/C11H10F2N4O/c1-6(8-4-7(12)2-3-9(8)13)16-11(18)10-14-5-15-17-10/h2-6H,1H3,(H,16,18)(H,14,15,17). The number of nitrogens with one attached hydrogen (secondary N) is 2. The van der Waals surface area contributed by atoms with Crippen molar-refractivity contribution in [1.82, 2.24) is 20.5 Å². The molecule has 0 radical (unpaired) electrons. The number of H-pyrrole nitrogens is 1. The fourth-order valence-corrected chi connectivity index (χ4v) is 1.50. The molecule has 0 aliphatic rings. The van der Waals surface area contributed by atoms with E-state index in [1.165, 1.54) is 6.33 Å². The molecule has 0 spiro atoms. The Hall–Kier alpha value is -2.31. The van der Waals surface area contributed by atoms with Crippen molar-refractivity contribution in [2.45, 2.75) is 13.0 Å². The summed E-state index contributed by atoms with van der Waals surface area (Å²) in [6.45, 7) is 1.55. The summed E-state index contributed by atoms with van der Waals surface area (Å²) in [6, 6.07) is 2.39. The average Bonchev–Trinajstić information content (AvgIpc) is 2.85. The number of rotatable bonds is 3. The van der Waals surface area contributed by atoms with Crippen LogP contribution in [-0.4, -0.2) is 21.1 Å². The minimum Gasteiger partial charge on any atom is -0.343 e. The number of carbonyl (C=O) groups excluding carboxylic acids is 1. The Labute approximate surface area is 101 Å². The van der Waals surface area contributed by atoms with E-state index in [0.29, 0.717) is 0 Å².